The molecule has 0 saturated carbocycles. The molecule has 1 aromatic carbocycles. The third-order valence-electron chi connectivity index (χ3n) is 2.26. The van der Waals surface area contributed by atoms with Crippen LogP contribution < -0.4 is 0 Å². The Morgan fingerprint density at radius 2 is 2.07 bits per heavy atom. The second-order valence-corrected chi connectivity index (χ2v) is 5.66. The lowest BCUT2D eigenvalue weighted by Gasteiger charge is -2.07. The topological polar surface area (TPSA) is 57.9 Å². The number of hydrogen-bond donors (Lipinski definition) is 0. The largest absolute Gasteiger partial charge is 0.261 e. The maximum Gasteiger partial charge on any atom is 0.261 e. The van der Waals surface area contributed by atoms with Crippen molar-refractivity contribution in [3.05, 3.63) is 28.8 Å². The monoisotopic (exact) mass is 243 g/mol. The van der Waals surface area contributed by atoms with Crippen LogP contribution in [0.4, 0.5) is 0 Å². The number of rotatable bonds is 2. The van der Waals surface area contributed by atoms with Crippen LogP contribution in [0.25, 0.3) is 0 Å². The van der Waals surface area contributed by atoms with Crippen LogP contribution in [0.3, 0.4) is 0 Å². The van der Waals surface area contributed by atoms with Gasteiger partial charge in [0.25, 0.3) is 9.05 Å². The van der Waals surface area contributed by atoms with Gasteiger partial charge >= 0.3 is 0 Å². The Morgan fingerprint density at radius 3 is 2.47 bits per heavy atom. The van der Waals surface area contributed by atoms with Crippen molar-refractivity contribution in [2.75, 3.05) is 0 Å². The van der Waals surface area contributed by atoms with Gasteiger partial charge in [0.1, 0.15) is 0 Å². The van der Waals surface area contributed by atoms with E-state index in [1.807, 2.05) is 13.0 Å². The first-order valence-electron chi connectivity index (χ1n) is 4.39. The molecule has 0 saturated heterocycles. The first-order chi connectivity index (χ1) is 6.91. The van der Waals surface area contributed by atoms with Crippen LogP contribution in [0.15, 0.2) is 17.0 Å². The molecule has 0 amide bonds. The molecule has 0 N–H and O–H groups in total. The van der Waals surface area contributed by atoms with Crippen molar-refractivity contribution in [1.29, 1.82) is 5.26 Å². The van der Waals surface area contributed by atoms with E-state index in [1.165, 1.54) is 6.07 Å². The van der Waals surface area contributed by atoms with E-state index in [4.69, 9.17) is 15.9 Å². The molecule has 3 nitrogen and oxygen atoms in total. The van der Waals surface area contributed by atoms with Gasteiger partial charge in [0.05, 0.1) is 16.5 Å². The number of aryl methyl sites for hydroxylation is 1. The summed E-state index contributed by atoms with van der Waals surface area (Å²) in [6.45, 7) is 3.50. The highest BCUT2D eigenvalue weighted by Crippen LogP contribution is 2.24. The Balaban J connectivity index is 3.59. The van der Waals surface area contributed by atoms with E-state index < -0.39 is 9.05 Å². The Labute approximate surface area is 93.7 Å². The number of nitrogens with zero attached hydrogens (tertiary/aromatic N) is 1. The predicted octanol–water partition coefficient (Wildman–Crippen LogP) is 2.36. The molecule has 0 heterocycles. The third kappa shape index (κ3) is 2.31. The first kappa shape index (κ1) is 12.0. The van der Waals surface area contributed by atoms with Gasteiger partial charge in [0.2, 0.25) is 0 Å². The van der Waals surface area contributed by atoms with E-state index in [2.05, 4.69) is 0 Å². The lowest BCUT2D eigenvalue weighted by molar-refractivity contribution is 0.609. The van der Waals surface area contributed by atoms with E-state index in [1.54, 1.807) is 13.0 Å². The molecular weight excluding hydrogens is 234 g/mol. The van der Waals surface area contributed by atoms with Crippen molar-refractivity contribution in [3.63, 3.8) is 0 Å². The lowest BCUT2D eigenvalue weighted by Crippen LogP contribution is -2.00. The Hall–Kier alpha value is -1.05. The first-order valence-corrected chi connectivity index (χ1v) is 6.70. The van der Waals surface area contributed by atoms with E-state index in [0.29, 0.717) is 17.5 Å². The van der Waals surface area contributed by atoms with Gasteiger partial charge in [0, 0.05) is 10.7 Å². The average Bonchev–Trinajstić information content (AvgIpc) is 2.15. The minimum atomic E-state index is -3.77. The molecule has 0 aliphatic rings. The van der Waals surface area contributed by atoms with Crippen LogP contribution in [0.2, 0.25) is 0 Å². The fourth-order valence-corrected chi connectivity index (χ4v) is 2.66. The molecule has 1 rings (SSSR count). The van der Waals surface area contributed by atoms with Crippen LogP contribution in [0, 0.1) is 18.3 Å². The maximum atomic E-state index is 11.2. The fourth-order valence-electron chi connectivity index (χ4n) is 1.46. The van der Waals surface area contributed by atoms with Gasteiger partial charge in [-0.2, -0.15) is 5.26 Å². The molecule has 5 heteroatoms. The normalized spacial score (nSPS) is 11.1. The second-order valence-electron chi connectivity index (χ2n) is 3.13. The quantitative estimate of drug-likeness (QED) is 0.750. The van der Waals surface area contributed by atoms with Gasteiger partial charge in [-0.05, 0) is 30.5 Å². The summed E-state index contributed by atoms with van der Waals surface area (Å²) in [4.78, 5) is 0.0120. The summed E-state index contributed by atoms with van der Waals surface area (Å²) in [6, 6.07) is 5.07. The molecule has 0 aliphatic carbocycles. The van der Waals surface area contributed by atoms with Crippen molar-refractivity contribution in [1.82, 2.24) is 0 Å². The molecule has 0 atom stereocenters. The minimum Gasteiger partial charge on any atom is -0.207 e. The number of benzene rings is 1. The van der Waals surface area contributed by atoms with Gasteiger partial charge in [-0.3, -0.25) is 0 Å². The SMILES string of the molecule is CCc1ccc(S(=O)(=O)Cl)c(C)c1C#N. The van der Waals surface area contributed by atoms with Crippen molar-refractivity contribution >= 4 is 19.7 Å². The van der Waals surface area contributed by atoms with Gasteiger partial charge in [0.15, 0.2) is 0 Å². The van der Waals surface area contributed by atoms with E-state index >= 15 is 0 Å². The zero-order valence-corrected chi connectivity index (χ0v) is 9.98. The molecule has 0 spiro atoms. The summed E-state index contributed by atoms with van der Waals surface area (Å²) < 4.78 is 22.4. The highest BCUT2D eigenvalue weighted by Gasteiger charge is 2.17. The maximum absolute atomic E-state index is 11.2. The highest BCUT2D eigenvalue weighted by molar-refractivity contribution is 8.13. The van der Waals surface area contributed by atoms with Crippen molar-refractivity contribution < 1.29 is 8.42 Å². The number of nitriles is 1. The molecule has 80 valence electrons. The van der Waals surface area contributed by atoms with E-state index in [-0.39, 0.29) is 4.90 Å². The standard InChI is InChI=1S/C10H10ClNO2S/c1-3-8-4-5-10(15(11,13)14)7(2)9(8)6-12/h4-5H,3H2,1-2H3. The Morgan fingerprint density at radius 1 is 1.47 bits per heavy atom. The average molecular weight is 244 g/mol. The van der Waals surface area contributed by atoms with Gasteiger partial charge in [-0.1, -0.05) is 13.0 Å². The highest BCUT2D eigenvalue weighted by atomic mass is 35.7. The molecule has 0 aliphatic heterocycles. The minimum absolute atomic E-state index is 0.0120. The molecule has 0 aromatic heterocycles. The van der Waals surface area contributed by atoms with Crippen molar-refractivity contribution in [2.24, 2.45) is 0 Å². The second kappa shape index (κ2) is 4.21. The summed E-state index contributed by atoms with van der Waals surface area (Å²) in [5.74, 6) is 0. The molecular formula is C10H10ClNO2S. The fraction of sp³-hybridized carbons (Fsp3) is 0.300. The van der Waals surface area contributed by atoms with Crippen LogP contribution in [-0.4, -0.2) is 8.42 Å². The number of hydrogen-bond acceptors (Lipinski definition) is 3. The smallest absolute Gasteiger partial charge is 0.207 e. The zero-order chi connectivity index (χ0) is 11.6. The zero-order valence-electron chi connectivity index (χ0n) is 8.41. The summed E-state index contributed by atoms with van der Waals surface area (Å²) in [6.07, 6.45) is 0.687. The molecule has 0 bridgehead atoms. The molecule has 1 aromatic rings. The molecule has 0 unspecified atom stereocenters. The van der Waals surface area contributed by atoms with Gasteiger partial charge in [-0.25, -0.2) is 8.42 Å². The summed E-state index contributed by atoms with van der Waals surface area (Å²) >= 11 is 0. The summed E-state index contributed by atoms with van der Waals surface area (Å²) in [5.41, 5.74) is 1.66. The van der Waals surface area contributed by atoms with Crippen molar-refractivity contribution in [3.8, 4) is 6.07 Å². The van der Waals surface area contributed by atoms with Gasteiger partial charge in [-0.15, -0.1) is 0 Å². The third-order valence-corrected chi connectivity index (χ3v) is 3.72. The molecule has 0 radical (unpaired) electrons. The van der Waals surface area contributed by atoms with E-state index in [0.717, 1.165) is 5.56 Å². The summed E-state index contributed by atoms with van der Waals surface area (Å²) in [7, 11) is 1.48. The van der Waals surface area contributed by atoms with Crippen LogP contribution in [0.1, 0.15) is 23.6 Å². The Bertz CT molecular complexity index is 529. The summed E-state index contributed by atoms with van der Waals surface area (Å²) in [5, 5.41) is 8.93. The van der Waals surface area contributed by atoms with Crippen LogP contribution in [-0.2, 0) is 15.5 Å². The molecule has 15 heavy (non-hydrogen) atoms. The lowest BCUT2D eigenvalue weighted by atomic mass is 10.0. The van der Waals surface area contributed by atoms with Crippen LogP contribution >= 0.6 is 10.7 Å². The van der Waals surface area contributed by atoms with Crippen LogP contribution in [0.5, 0.6) is 0 Å². The molecule has 0 fully saturated rings. The van der Waals surface area contributed by atoms with Gasteiger partial charge < -0.3 is 0 Å². The number of halogens is 1. The van der Waals surface area contributed by atoms with E-state index in [9.17, 15) is 8.42 Å². The predicted molar refractivity (Wildman–Crippen MR) is 58.3 cm³/mol. The Kier molecular flexibility index (Phi) is 3.38. The van der Waals surface area contributed by atoms with Crippen molar-refractivity contribution in [2.45, 2.75) is 25.2 Å².